The molecule has 0 amide bonds. The zero-order valence-electron chi connectivity index (χ0n) is 6.34. The van der Waals surface area contributed by atoms with E-state index in [9.17, 15) is 4.79 Å². The summed E-state index contributed by atoms with van der Waals surface area (Å²) in [5.41, 5.74) is 0. The Hall–Kier alpha value is -0.530. The van der Waals surface area contributed by atoms with Gasteiger partial charge in [0.15, 0.2) is 0 Å². The van der Waals surface area contributed by atoms with Crippen LogP contribution in [0.1, 0.15) is 32.6 Å². The maximum Gasteiger partial charge on any atom is 0.306 e. The van der Waals surface area contributed by atoms with Gasteiger partial charge in [-0.1, -0.05) is 19.8 Å². The molecule has 1 aliphatic carbocycles. The quantitative estimate of drug-likeness (QED) is 0.650. The minimum Gasteiger partial charge on any atom is -0.481 e. The van der Waals surface area contributed by atoms with E-state index in [1.54, 1.807) is 6.92 Å². The van der Waals surface area contributed by atoms with Crippen molar-refractivity contribution in [1.82, 2.24) is 0 Å². The molecule has 0 saturated heterocycles. The zero-order chi connectivity index (χ0) is 7.56. The molecule has 10 heavy (non-hydrogen) atoms. The predicted molar refractivity (Wildman–Crippen MR) is 38.8 cm³/mol. The standard InChI is InChI=1S/C8H14O2/c1-6(8(9)10)2-3-7-4-5-7/h6-7H,2-5H2,1H3,(H,9,10)/t6-/m1/s1. The molecule has 0 radical (unpaired) electrons. The molecule has 1 aliphatic rings. The molecule has 1 N–H and O–H groups in total. The van der Waals surface area contributed by atoms with E-state index in [4.69, 9.17) is 5.11 Å². The van der Waals surface area contributed by atoms with Gasteiger partial charge in [0.1, 0.15) is 0 Å². The van der Waals surface area contributed by atoms with Crippen molar-refractivity contribution in [2.75, 3.05) is 0 Å². The highest BCUT2D eigenvalue weighted by atomic mass is 16.4. The van der Waals surface area contributed by atoms with E-state index in [0.717, 1.165) is 18.8 Å². The van der Waals surface area contributed by atoms with Crippen molar-refractivity contribution < 1.29 is 9.90 Å². The monoisotopic (exact) mass is 142 g/mol. The maximum absolute atomic E-state index is 10.3. The number of carboxylic acids is 1. The first-order chi connectivity index (χ1) is 4.70. The Kier molecular flexibility index (Phi) is 2.30. The summed E-state index contributed by atoms with van der Waals surface area (Å²) in [6, 6.07) is 0. The van der Waals surface area contributed by atoms with Crippen LogP contribution in [0.3, 0.4) is 0 Å². The second-order valence-corrected chi connectivity index (χ2v) is 3.26. The fourth-order valence-corrected chi connectivity index (χ4v) is 1.02. The second-order valence-electron chi connectivity index (χ2n) is 3.26. The third-order valence-corrected chi connectivity index (χ3v) is 2.13. The maximum atomic E-state index is 10.3. The van der Waals surface area contributed by atoms with Gasteiger partial charge in [-0.25, -0.2) is 0 Å². The van der Waals surface area contributed by atoms with Crippen molar-refractivity contribution in [3.05, 3.63) is 0 Å². The predicted octanol–water partition coefficient (Wildman–Crippen LogP) is 1.90. The number of carboxylic acid groups (broad SMARTS) is 1. The smallest absolute Gasteiger partial charge is 0.306 e. The average Bonchev–Trinajstić information content (AvgIpc) is 2.64. The highest BCUT2D eigenvalue weighted by molar-refractivity contribution is 5.69. The SMILES string of the molecule is C[C@H](CCC1CC1)C(=O)O. The van der Waals surface area contributed by atoms with Crippen molar-refractivity contribution in [3.8, 4) is 0 Å². The lowest BCUT2D eigenvalue weighted by Crippen LogP contribution is -2.09. The summed E-state index contributed by atoms with van der Waals surface area (Å²) in [6.45, 7) is 1.78. The van der Waals surface area contributed by atoms with Crippen molar-refractivity contribution in [1.29, 1.82) is 0 Å². The zero-order valence-corrected chi connectivity index (χ0v) is 6.34. The van der Waals surface area contributed by atoms with Crippen molar-refractivity contribution in [2.45, 2.75) is 32.6 Å². The van der Waals surface area contributed by atoms with Gasteiger partial charge in [-0.05, 0) is 18.8 Å². The van der Waals surface area contributed by atoms with Crippen LogP contribution in [0.25, 0.3) is 0 Å². The van der Waals surface area contributed by atoms with Crippen LogP contribution in [-0.4, -0.2) is 11.1 Å². The van der Waals surface area contributed by atoms with Crippen molar-refractivity contribution in [3.63, 3.8) is 0 Å². The molecule has 2 nitrogen and oxygen atoms in total. The van der Waals surface area contributed by atoms with Crippen LogP contribution in [0.5, 0.6) is 0 Å². The first kappa shape index (κ1) is 7.58. The highest BCUT2D eigenvalue weighted by Gasteiger charge is 2.22. The molecule has 1 rings (SSSR count). The van der Waals surface area contributed by atoms with E-state index in [2.05, 4.69) is 0 Å². The fourth-order valence-electron chi connectivity index (χ4n) is 1.02. The molecule has 0 bridgehead atoms. The lowest BCUT2D eigenvalue weighted by Gasteiger charge is -2.02. The molecule has 0 heterocycles. The van der Waals surface area contributed by atoms with E-state index >= 15 is 0 Å². The van der Waals surface area contributed by atoms with E-state index < -0.39 is 5.97 Å². The Morgan fingerprint density at radius 2 is 2.30 bits per heavy atom. The van der Waals surface area contributed by atoms with Gasteiger partial charge in [-0.2, -0.15) is 0 Å². The normalized spacial score (nSPS) is 20.5. The van der Waals surface area contributed by atoms with Crippen LogP contribution in [0.2, 0.25) is 0 Å². The van der Waals surface area contributed by atoms with Crippen LogP contribution in [0.4, 0.5) is 0 Å². The summed E-state index contributed by atoms with van der Waals surface area (Å²) in [4.78, 5) is 10.3. The fraction of sp³-hybridized carbons (Fsp3) is 0.875. The van der Waals surface area contributed by atoms with Crippen LogP contribution in [-0.2, 0) is 4.79 Å². The van der Waals surface area contributed by atoms with Gasteiger partial charge < -0.3 is 5.11 Å². The van der Waals surface area contributed by atoms with Crippen LogP contribution in [0.15, 0.2) is 0 Å². The Morgan fingerprint density at radius 1 is 1.70 bits per heavy atom. The number of hydrogen-bond donors (Lipinski definition) is 1. The molecule has 0 aromatic rings. The average molecular weight is 142 g/mol. The third kappa shape index (κ3) is 2.38. The van der Waals surface area contributed by atoms with E-state index in [1.807, 2.05) is 0 Å². The van der Waals surface area contributed by atoms with Gasteiger partial charge in [0, 0.05) is 0 Å². The number of carbonyl (C=O) groups is 1. The van der Waals surface area contributed by atoms with E-state index in [-0.39, 0.29) is 5.92 Å². The molecule has 0 aromatic heterocycles. The third-order valence-electron chi connectivity index (χ3n) is 2.13. The summed E-state index contributed by atoms with van der Waals surface area (Å²) in [7, 11) is 0. The Morgan fingerprint density at radius 3 is 2.70 bits per heavy atom. The molecular formula is C8H14O2. The molecule has 0 aromatic carbocycles. The Balaban J connectivity index is 2.05. The number of rotatable bonds is 4. The van der Waals surface area contributed by atoms with E-state index in [0.29, 0.717) is 0 Å². The molecule has 0 aliphatic heterocycles. The molecule has 58 valence electrons. The topological polar surface area (TPSA) is 37.3 Å². The highest BCUT2D eigenvalue weighted by Crippen LogP contribution is 2.34. The summed E-state index contributed by atoms with van der Waals surface area (Å²) < 4.78 is 0. The lowest BCUT2D eigenvalue weighted by molar-refractivity contribution is -0.141. The van der Waals surface area contributed by atoms with Crippen LogP contribution < -0.4 is 0 Å². The minimum absolute atomic E-state index is 0.138. The summed E-state index contributed by atoms with van der Waals surface area (Å²) in [5, 5.41) is 8.52. The lowest BCUT2D eigenvalue weighted by atomic mass is 10.0. The summed E-state index contributed by atoms with van der Waals surface area (Å²) >= 11 is 0. The van der Waals surface area contributed by atoms with Crippen LogP contribution in [0, 0.1) is 11.8 Å². The van der Waals surface area contributed by atoms with Gasteiger partial charge in [0.25, 0.3) is 0 Å². The van der Waals surface area contributed by atoms with Gasteiger partial charge >= 0.3 is 5.97 Å². The van der Waals surface area contributed by atoms with Gasteiger partial charge in [0.2, 0.25) is 0 Å². The Labute approximate surface area is 61.2 Å². The molecule has 0 unspecified atom stereocenters. The molecule has 1 fully saturated rings. The Bertz CT molecular complexity index is 127. The van der Waals surface area contributed by atoms with Crippen molar-refractivity contribution in [2.24, 2.45) is 11.8 Å². The van der Waals surface area contributed by atoms with Crippen LogP contribution >= 0.6 is 0 Å². The number of hydrogen-bond acceptors (Lipinski definition) is 1. The molecule has 1 atom stereocenters. The minimum atomic E-state index is -0.652. The molecular weight excluding hydrogens is 128 g/mol. The first-order valence-electron chi connectivity index (χ1n) is 3.93. The molecule has 0 spiro atoms. The van der Waals surface area contributed by atoms with Gasteiger partial charge in [0.05, 0.1) is 5.92 Å². The second kappa shape index (κ2) is 3.04. The molecule has 1 saturated carbocycles. The van der Waals surface area contributed by atoms with Crippen molar-refractivity contribution >= 4 is 5.97 Å². The van der Waals surface area contributed by atoms with Gasteiger partial charge in [-0.15, -0.1) is 0 Å². The van der Waals surface area contributed by atoms with Gasteiger partial charge in [-0.3, -0.25) is 4.79 Å². The largest absolute Gasteiger partial charge is 0.481 e. The summed E-state index contributed by atoms with van der Waals surface area (Å²) in [6.07, 6.45) is 4.63. The van der Waals surface area contributed by atoms with E-state index in [1.165, 1.54) is 12.8 Å². The number of aliphatic carboxylic acids is 1. The summed E-state index contributed by atoms with van der Waals surface area (Å²) in [5.74, 6) is 0.0723. The first-order valence-corrected chi connectivity index (χ1v) is 3.93. The molecule has 2 heteroatoms.